The number of likely N-dealkylation sites (N-methyl/N-ethyl adjacent to an activating group) is 1. The topological polar surface area (TPSA) is 88.5 Å². The maximum Gasteiger partial charge on any atom is 0.261 e. The van der Waals surface area contributed by atoms with E-state index in [1.807, 2.05) is 0 Å². The smallest absolute Gasteiger partial charge is 0.261 e. The van der Waals surface area contributed by atoms with Gasteiger partial charge in [-0.05, 0) is 17.7 Å². The molecular weight excluding hydrogens is 304 g/mol. The number of imide groups is 1. The molecule has 23 heavy (non-hydrogen) atoms. The molecule has 0 bridgehead atoms. The second-order valence-electron chi connectivity index (χ2n) is 5.55. The summed E-state index contributed by atoms with van der Waals surface area (Å²) in [6.45, 7) is 0. The van der Waals surface area contributed by atoms with E-state index in [0.29, 0.717) is 5.56 Å². The average Bonchev–Trinajstić information content (AvgIpc) is 2.98. The summed E-state index contributed by atoms with van der Waals surface area (Å²) in [5, 5.41) is 11.5. The Hall–Kier alpha value is -2.32. The minimum absolute atomic E-state index is 0.122. The van der Waals surface area contributed by atoms with Crippen molar-refractivity contribution in [3.05, 3.63) is 17.7 Å². The van der Waals surface area contributed by atoms with Gasteiger partial charge in [0, 0.05) is 14.1 Å². The summed E-state index contributed by atoms with van der Waals surface area (Å²) >= 11 is 0. The molecule has 2 heterocycles. The highest BCUT2D eigenvalue weighted by atomic mass is 16.7. The van der Waals surface area contributed by atoms with Crippen molar-refractivity contribution >= 4 is 11.8 Å². The molecule has 2 saturated heterocycles. The third-order valence-corrected chi connectivity index (χ3v) is 4.37. The van der Waals surface area contributed by atoms with Crippen LogP contribution in [0.2, 0.25) is 0 Å². The second-order valence-corrected chi connectivity index (χ2v) is 5.55. The van der Waals surface area contributed by atoms with Crippen molar-refractivity contribution in [3.63, 3.8) is 0 Å². The van der Waals surface area contributed by atoms with E-state index in [9.17, 15) is 14.7 Å². The number of aromatic hydroxyl groups is 1. The van der Waals surface area contributed by atoms with Crippen LogP contribution in [0.25, 0.3) is 0 Å². The Kier molecular flexibility index (Phi) is 3.65. The van der Waals surface area contributed by atoms with Crippen molar-refractivity contribution in [1.29, 1.82) is 0 Å². The third-order valence-electron chi connectivity index (χ3n) is 4.37. The molecule has 1 aromatic carbocycles. The van der Waals surface area contributed by atoms with E-state index in [4.69, 9.17) is 14.3 Å². The minimum Gasteiger partial charge on any atom is -0.502 e. The standard InChI is InChI=1S/C15H18N2O6/c1-16-14(19)10-11(17(2)23-13(10)15(16)20)7-5-8(21-3)12(18)9(6-7)22-4/h5-6,10-11,13,18H,1-4H3. The molecule has 2 aliphatic rings. The number of ether oxygens (including phenoxy) is 2. The summed E-state index contributed by atoms with van der Waals surface area (Å²) < 4.78 is 10.3. The lowest BCUT2D eigenvalue weighted by molar-refractivity contribution is -0.168. The highest BCUT2D eigenvalue weighted by Crippen LogP contribution is 2.47. The number of rotatable bonds is 3. The van der Waals surface area contributed by atoms with E-state index in [2.05, 4.69) is 0 Å². The minimum atomic E-state index is -0.826. The Balaban J connectivity index is 2.07. The van der Waals surface area contributed by atoms with Gasteiger partial charge < -0.3 is 14.6 Å². The molecule has 0 spiro atoms. The van der Waals surface area contributed by atoms with Crippen LogP contribution in [0, 0.1) is 5.92 Å². The van der Waals surface area contributed by atoms with E-state index >= 15 is 0 Å². The summed E-state index contributed by atoms with van der Waals surface area (Å²) in [6.07, 6.45) is -0.826. The van der Waals surface area contributed by atoms with Crippen molar-refractivity contribution < 1.29 is 29.0 Å². The fourth-order valence-corrected chi connectivity index (χ4v) is 3.19. The lowest BCUT2D eigenvalue weighted by Gasteiger charge is -2.23. The Labute approximate surface area is 133 Å². The van der Waals surface area contributed by atoms with Crippen molar-refractivity contribution in [2.24, 2.45) is 5.92 Å². The molecule has 2 fully saturated rings. The van der Waals surface area contributed by atoms with Crippen molar-refractivity contribution in [3.8, 4) is 17.2 Å². The number of benzene rings is 1. The maximum atomic E-state index is 12.4. The zero-order valence-electron chi connectivity index (χ0n) is 13.3. The second kappa shape index (κ2) is 5.39. The molecule has 3 unspecified atom stereocenters. The predicted octanol–water partition coefficient (Wildman–Crippen LogP) is 0.311. The number of hydrogen-bond donors (Lipinski definition) is 1. The van der Waals surface area contributed by atoms with Gasteiger partial charge >= 0.3 is 0 Å². The Bertz CT molecular complexity index is 651. The van der Waals surface area contributed by atoms with Gasteiger partial charge in [0.05, 0.1) is 26.2 Å². The molecule has 8 nitrogen and oxygen atoms in total. The van der Waals surface area contributed by atoms with Crippen LogP contribution in [0.4, 0.5) is 0 Å². The van der Waals surface area contributed by atoms with Crippen molar-refractivity contribution in [2.75, 3.05) is 28.3 Å². The van der Waals surface area contributed by atoms with E-state index < -0.39 is 18.1 Å². The van der Waals surface area contributed by atoms with Gasteiger partial charge in [-0.25, -0.2) is 0 Å². The van der Waals surface area contributed by atoms with Crippen LogP contribution in [0.1, 0.15) is 11.6 Å². The molecule has 2 aliphatic heterocycles. The van der Waals surface area contributed by atoms with Crippen molar-refractivity contribution in [2.45, 2.75) is 12.1 Å². The van der Waals surface area contributed by atoms with Crippen LogP contribution >= 0.6 is 0 Å². The van der Waals surface area contributed by atoms with Gasteiger partial charge in [0.25, 0.3) is 5.91 Å². The summed E-state index contributed by atoms with van der Waals surface area (Å²) in [5.74, 6) is -0.964. The van der Waals surface area contributed by atoms with Gasteiger partial charge in [-0.2, -0.15) is 5.06 Å². The van der Waals surface area contributed by atoms with Gasteiger partial charge in [0.1, 0.15) is 0 Å². The van der Waals surface area contributed by atoms with Crippen LogP contribution in [0.5, 0.6) is 17.2 Å². The number of carbonyl (C=O) groups is 2. The fraction of sp³-hybridized carbons (Fsp3) is 0.467. The van der Waals surface area contributed by atoms with Crippen LogP contribution in [0.15, 0.2) is 12.1 Å². The maximum absolute atomic E-state index is 12.4. The first-order valence-electron chi connectivity index (χ1n) is 7.06. The number of likely N-dealkylation sites (tertiary alicyclic amines) is 1. The van der Waals surface area contributed by atoms with Gasteiger partial charge in [-0.3, -0.25) is 19.3 Å². The Morgan fingerprint density at radius 2 is 1.65 bits per heavy atom. The molecule has 2 amide bonds. The molecular formula is C15H18N2O6. The van der Waals surface area contributed by atoms with Gasteiger partial charge in [-0.15, -0.1) is 0 Å². The molecule has 0 aromatic heterocycles. The molecule has 8 heteroatoms. The predicted molar refractivity (Wildman–Crippen MR) is 77.9 cm³/mol. The number of carbonyl (C=O) groups excluding carboxylic acids is 2. The largest absolute Gasteiger partial charge is 0.502 e. The van der Waals surface area contributed by atoms with E-state index in [0.717, 1.165) is 4.90 Å². The monoisotopic (exact) mass is 322 g/mol. The first-order chi connectivity index (χ1) is 10.9. The molecule has 1 N–H and O–H groups in total. The number of hydroxylamine groups is 2. The van der Waals surface area contributed by atoms with Crippen LogP contribution in [0.3, 0.4) is 0 Å². The number of fused-ring (bicyclic) bond motifs is 1. The number of phenolic OH excluding ortho intramolecular Hbond substituents is 1. The van der Waals surface area contributed by atoms with E-state index in [1.165, 1.54) is 26.3 Å². The lowest BCUT2D eigenvalue weighted by Crippen LogP contribution is -2.33. The Morgan fingerprint density at radius 3 is 2.17 bits per heavy atom. The summed E-state index contributed by atoms with van der Waals surface area (Å²) in [5.41, 5.74) is 0.656. The third kappa shape index (κ3) is 2.13. The molecule has 1 aromatic rings. The number of amides is 2. The number of phenols is 1. The van der Waals surface area contributed by atoms with E-state index in [1.54, 1.807) is 19.2 Å². The zero-order chi connectivity index (χ0) is 16.9. The van der Waals surface area contributed by atoms with Crippen molar-refractivity contribution in [1.82, 2.24) is 9.96 Å². The van der Waals surface area contributed by atoms with Gasteiger partial charge in [0.2, 0.25) is 11.7 Å². The molecule has 0 radical (unpaired) electrons. The first-order valence-corrected chi connectivity index (χ1v) is 7.06. The number of nitrogens with zero attached hydrogens (tertiary/aromatic N) is 2. The molecule has 124 valence electrons. The van der Waals surface area contributed by atoms with Gasteiger partial charge in [0.15, 0.2) is 17.6 Å². The van der Waals surface area contributed by atoms with E-state index in [-0.39, 0.29) is 29.1 Å². The number of methoxy groups -OCH3 is 2. The number of hydrogen-bond acceptors (Lipinski definition) is 7. The fourth-order valence-electron chi connectivity index (χ4n) is 3.19. The molecule has 3 atom stereocenters. The summed E-state index contributed by atoms with van der Waals surface area (Å²) in [7, 11) is 5.96. The summed E-state index contributed by atoms with van der Waals surface area (Å²) in [4.78, 5) is 31.1. The highest BCUT2D eigenvalue weighted by Gasteiger charge is 2.57. The lowest BCUT2D eigenvalue weighted by atomic mass is 9.90. The van der Waals surface area contributed by atoms with Gasteiger partial charge in [-0.1, -0.05) is 0 Å². The first kappa shape index (κ1) is 15.6. The highest BCUT2D eigenvalue weighted by molar-refractivity contribution is 6.07. The van der Waals surface area contributed by atoms with Crippen LogP contribution in [-0.2, 0) is 14.4 Å². The Morgan fingerprint density at radius 1 is 1.09 bits per heavy atom. The normalized spacial score (nSPS) is 27.5. The SMILES string of the molecule is COc1cc(C2C3C(=O)N(C)C(=O)C3ON2C)cc(OC)c1O. The van der Waals surface area contributed by atoms with Crippen LogP contribution in [-0.4, -0.2) is 61.3 Å². The molecule has 0 saturated carbocycles. The molecule has 0 aliphatic carbocycles. The zero-order valence-corrected chi connectivity index (χ0v) is 13.3. The summed E-state index contributed by atoms with van der Waals surface area (Å²) in [6, 6.07) is 2.74. The quantitative estimate of drug-likeness (QED) is 0.801. The molecule has 3 rings (SSSR count). The van der Waals surface area contributed by atoms with Crippen LogP contribution < -0.4 is 9.47 Å². The average molecular weight is 322 g/mol.